The molecular formula is C13H16ClNO5S. The van der Waals surface area contributed by atoms with Crippen LogP contribution in [-0.2, 0) is 10.0 Å². The second-order valence-corrected chi connectivity index (χ2v) is 7.39. The van der Waals surface area contributed by atoms with Crippen LogP contribution in [0.25, 0.3) is 0 Å². The van der Waals surface area contributed by atoms with Gasteiger partial charge in [0.2, 0.25) is 10.0 Å². The molecule has 1 aromatic carbocycles. The molecule has 0 radical (unpaired) electrons. The molecule has 1 saturated heterocycles. The lowest BCUT2D eigenvalue weighted by atomic mass is 10.1. The Morgan fingerprint density at radius 3 is 2.67 bits per heavy atom. The van der Waals surface area contributed by atoms with Crippen molar-refractivity contribution in [1.82, 2.24) is 4.31 Å². The van der Waals surface area contributed by atoms with Crippen LogP contribution in [0.3, 0.4) is 0 Å². The van der Waals surface area contributed by atoms with Crippen LogP contribution < -0.4 is 0 Å². The van der Waals surface area contributed by atoms with Crippen LogP contribution in [-0.4, -0.2) is 48.1 Å². The summed E-state index contributed by atoms with van der Waals surface area (Å²) in [6.45, 7) is 1.83. The Hall–Kier alpha value is -1.15. The van der Waals surface area contributed by atoms with E-state index in [1.165, 1.54) is 13.0 Å². The fourth-order valence-electron chi connectivity index (χ4n) is 2.31. The van der Waals surface area contributed by atoms with E-state index in [9.17, 15) is 18.3 Å². The summed E-state index contributed by atoms with van der Waals surface area (Å²) in [4.78, 5) is 11.0. The van der Waals surface area contributed by atoms with Crippen LogP contribution in [0.2, 0.25) is 5.02 Å². The molecule has 1 atom stereocenters. The molecule has 8 heteroatoms. The quantitative estimate of drug-likeness (QED) is 0.874. The maximum atomic E-state index is 12.5. The monoisotopic (exact) mass is 333 g/mol. The summed E-state index contributed by atoms with van der Waals surface area (Å²) in [7, 11) is -3.86. The number of aromatic carboxylic acids is 1. The van der Waals surface area contributed by atoms with Crippen molar-refractivity contribution in [3.8, 4) is 0 Å². The van der Waals surface area contributed by atoms with E-state index in [-0.39, 0.29) is 22.0 Å². The molecule has 0 amide bonds. The van der Waals surface area contributed by atoms with Crippen LogP contribution in [0, 0.1) is 6.92 Å². The van der Waals surface area contributed by atoms with E-state index in [1.807, 2.05) is 0 Å². The van der Waals surface area contributed by atoms with E-state index >= 15 is 0 Å². The number of β-amino-alcohol motifs (C(OH)–C–C–N with tert-alkyl or cyclic N) is 1. The normalized spacial score (nSPS) is 20.4. The Morgan fingerprint density at radius 1 is 1.43 bits per heavy atom. The molecule has 6 nitrogen and oxygen atoms in total. The molecule has 0 unspecified atom stereocenters. The fourth-order valence-corrected chi connectivity index (χ4v) is 4.17. The van der Waals surface area contributed by atoms with Gasteiger partial charge < -0.3 is 10.2 Å². The van der Waals surface area contributed by atoms with Crippen molar-refractivity contribution in [1.29, 1.82) is 0 Å². The zero-order valence-corrected chi connectivity index (χ0v) is 13.0. The second kappa shape index (κ2) is 5.92. The van der Waals surface area contributed by atoms with E-state index in [0.717, 1.165) is 10.4 Å². The molecule has 1 aliphatic rings. The molecule has 2 N–H and O–H groups in total. The Balaban J connectivity index is 2.47. The maximum absolute atomic E-state index is 12.5. The minimum absolute atomic E-state index is 0.0102. The van der Waals surface area contributed by atoms with Crippen molar-refractivity contribution >= 4 is 27.6 Å². The van der Waals surface area contributed by atoms with Gasteiger partial charge in [-0.15, -0.1) is 0 Å². The third kappa shape index (κ3) is 3.21. The highest BCUT2D eigenvalue weighted by molar-refractivity contribution is 7.89. The van der Waals surface area contributed by atoms with Gasteiger partial charge in [0.05, 0.1) is 16.6 Å². The first kappa shape index (κ1) is 16.2. The van der Waals surface area contributed by atoms with Gasteiger partial charge in [0.15, 0.2) is 0 Å². The number of hydrogen-bond acceptors (Lipinski definition) is 4. The minimum atomic E-state index is -3.86. The van der Waals surface area contributed by atoms with Gasteiger partial charge in [-0.2, -0.15) is 4.31 Å². The number of aliphatic hydroxyl groups excluding tert-OH is 1. The lowest BCUT2D eigenvalue weighted by molar-refractivity contribution is 0.0695. The Kier molecular flexibility index (Phi) is 4.57. The number of carbonyl (C=O) groups is 1. The van der Waals surface area contributed by atoms with Gasteiger partial charge in [0.1, 0.15) is 0 Å². The Morgan fingerprint density at radius 2 is 2.10 bits per heavy atom. The summed E-state index contributed by atoms with van der Waals surface area (Å²) in [6.07, 6.45) is 0.417. The largest absolute Gasteiger partial charge is 0.478 e. The number of sulfonamides is 1. The third-order valence-electron chi connectivity index (χ3n) is 3.55. The number of piperidine rings is 1. The number of carboxylic acid groups (broad SMARTS) is 1. The van der Waals surface area contributed by atoms with Crippen molar-refractivity contribution < 1.29 is 23.4 Å². The van der Waals surface area contributed by atoms with Gasteiger partial charge in [-0.1, -0.05) is 11.6 Å². The van der Waals surface area contributed by atoms with Crippen molar-refractivity contribution in [3.63, 3.8) is 0 Å². The molecule has 0 bridgehead atoms. The van der Waals surface area contributed by atoms with Crippen molar-refractivity contribution in [2.45, 2.75) is 30.8 Å². The molecule has 1 aliphatic heterocycles. The average molecular weight is 334 g/mol. The van der Waals surface area contributed by atoms with Gasteiger partial charge in [-0.3, -0.25) is 0 Å². The highest BCUT2D eigenvalue weighted by Gasteiger charge is 2.30. The molecule has 1 heterocycles. The number of hydrogen-bond donors (Lipinski definition) is 2. The van der Waals surface area contributed by atoms with Crippen LogP contribution in [0.5, 0.6) is 0 Å². The van der Waals surface area contributed by atoms with E-state index in [0.29, 0.717) is 24.9 Å². The van der Waals surface area contributed by atoms with Gasteiger partial charge in [-0.05, 0) is 37.5 Å². The molecule has 0 aromatic heterocycles. The van der Waals surface area contributed by atoms with E-state index < -0.39 is 22.1 Å². The summed E-state index contributed by atoms with van der Waals surface area (Å²) in [6, 6.07) is 2.36. The first-order valence-corrected chi connectivity index (χ1v) is 8.27. The van der Waals surface area contributed by atoms with Crippen LogP contribution in [0.1, 0.15) is 28.8 Å². The Labute approximate surface area is 128 Å². The summed E-state index contributed by atoms with van der Waals surface area (Å²) in [5.74, 6) is -1.23. The standard InChI is InChI=1S/C13H16ClNO5S/c1-8-11(13(17)18)5-10(6-12(8)14)21(19,20)15-4-2-3-9(16)7-15/h5-6,9,16H,2-4,7H2,1H3,(H,17,18)/t9-/m1/s1. The number of carboxylic acids is 1. The number of nitrogens with zero attached hydrogens (tertiary/aromatic N) is 1. The minimum Gasteiger partial charge on any atom is -0.478 e. The van der Waals surface area contributed by atoms with Gasteiger partial charge in [0.25, 0.3) is 0 Å². The topological polar surface area (TPSA) is 94.9 Å². The van der Waals surface area contributed by atoms with Crippen LogP contribution in [0.15, 0.2) is 17.0 Å². The van der Waals surface area contributed by atoms with Crippen LogP contribution >= 0.6 is 11.6 Å². The first-order chi connectivity index (χ1) is 9.73. The first-order valence-electron chi connectivity index (χ1n) is 6.45. The summed E-state index contributed by atoms with van der Waals surface area (Å²) in [5.41, 5.74) is 0.181. The average Bonchev–Trinajstić information content (AvgIpc) is 2.41. The smallest absolute Gasteiger partial charge is 0.336 e. The van der Waals surface area contributed by atoms with E-state index in [2.05, 4.69) is 0 Å². The number of benzene rings is 1. The highest BCUT2D eigenvalue weighted by Crippen LogP contribution is 2.27. The number of halogens is 1. The maximum Gasteiger partial charge on any atom is 0.336 e. The molecule has 116 valence electrons. The van der Waals surface area contributed by atoms with Gasteiger partial charge in [0, 0.05) is 18.1 Å². The molecular weight excluding hydrogens is 318 g/mol. The Bertz CT molecular complexity index is 673. The van der Waals surface area contributed by atoms with E-state index in [1.54, 1.807) is 0 Å². The predicted octanol–water partition coefficient (Wildman–Crippen LogP) is 1.49. The molecule has 1 aromatic rings. The fraction of sp³-hybridized carbons (Fsp3) is 0.462. The zero-order chi connectivity index (χ0) is 15.8. The van der Waals surface area contributed by atoms with Gasteiger partial charge in [-0.25, -0.2) is 13.2 Å². The van der Waals surface area contributed by atoms with E-state index in [4.69, 9.17) is 16.7 Å². The SMILES string of the molecule is Cc1c(Cl)cc(S(=O)(=O)N2CCC[C@@H](O)C2)cc1C(=O)O. The highest BCUT2D eigenvalue weighted by atomic mass is 35.5. The molecule has 2 rings (SSSR count). The van der Waals surface area contributed by atoms with Crippen LogP contribution in [0.4, 0.5) is 0 Å². The predicted molar refractivity (Wildman–Crippen MR) is 77.1 cm³/mol. The molecule has 0 aliphatic carbocycles. The lowest BCUT2D eigenvalue weighted by Gasteiger charge is -2.29. The lowest BCUT2D eigenvalue weighted by Crippen LogP contribution is -2.42. The summed E-state index contributed by atoms with van der Waals surface area (Å²) >= 11 is 5.94. The van der Waals surface area contributed by atoms with Crippen molar-refractivity contribution in [2.24, 2.45) is 0 Å². The molecule has 21 heavy (non-hydrogen) atoms. The third-order valence-corrected chi connectivity index (χ3v) is 5.78. The molecule has 0 saturated carbocycles. The number of rotatable bonds is 3. The molecule has 1 fully saturated rings. The van der Waals surface area contributed by atoms with Crippen molar-refractivity contribution in [3.05, 3.63) is 28.3 Å². The second-order valence-electron chi connectivity index (χ2n) is 5.04. The summed E-state index contributed by atoms with van der Waals surface area (Å²) < 4.78 is 26.2. The summed E-state index contributed by atoms with van der Waals surface area (Å²) in [5, 5.41) is 18.8. The molecule has 0 spiro atoms. The number of aliphatic hydroxyl groups is 1. The zero-order valence-electron chi connectivity index (χ0n) is 11.4. The van der Waals surface area contributed by atoms with Crippen molar-refractivity contribution in [2.75, 3.05) is 13.1 Å². The van der Waals surface area contributed by atoms with Gasteiger partial charge >= 0.3 is 5.97 Å².